The van der Waals surface area contributed by atoms with Gasteiger partial charge in [0.15, 0.2) is 0 Å². The lowest BCUT2D eigenvalue weighted by molar-refractivity contribution is 0.316. The molecule has 0 radical (unpaired) electrons. The van der Waals surface area contributed by atoms with Gasteiger partial charge in [-0.2, -0.15) is 11.8 Å². The Morgan fingerprint density at radius 1 is 1.60 bits per heavy atom. The van der Waals surface area contributed by atoms with Gasteiger partial charge in [-0.15, -0.1) is 0 Å². The molecule has 1 atom stereocenters. The van der Waals surface area contributed by atoms with Crippen LogP contribution in [0.2, 0.25) is 0 Å². The van der Waals surface area contributed by atoms with Gasteiger partial charge in [0.2, 0.25) is 0 Å². The van der Waals surface area contributed by atoms with Crippen LogP contribution in [0.15, 0.2) is 5.16 Å². The Morgan fingerprint density at radius 3 is 2.93 bits per heavy atom. The van der Waals surface area contributed by atoms with Crippen molar-refractivity contribution >= 4 is 17.6 Å². The summed E-state index contributed by atoms with van der Waals surface area (Å²) in [7, 11) is 0. The van der Waals surface area contributed by atoms with Crippen molar-refractivity contribution in [1.82, 2.24) is 5.32 Å². The number of amidine groups is 1. The van der Waals surface area contributed by atoms with E-state index in [-0.39, 0.29) is 0 Å². The van der Waals surface area contributed by atoms with Crippen LogP contribution in [0.25, 0.3) is 0 Å². The Kier molecular flexibility index (Phi) is 9.83. The van der Waals surface area contributed by atoms with Gasteiger partial charge in [-0.05, 0) is 37.8 Å². The number of hydrogen-bond acceptors (Lipinski definition) is 4. The molecule has 0 spiro atoms. The Morgan fingerprint density at radius 2 is 2.33 bits per heavy atom. The van der Waals surface area contributed by atoms with Crippen LogP contribution in [-0.4, -0.2) is 35.1 Å². The summed E-state index contributed by atoms with van der Waals surface area (Å²) in [5.41, 5.74) is 5.36. The number of nitrogens with one attached hydrogen (secondary N) is 1. The zero-order chi connectivity index (χ0) is 11.5. The van der Waals surface area contributed by atoms with E-state index >= 15 is 0 Å². The van der Waals surface area contributed by atoms with E-state index in [9.17, 15) is 0 Å². The van der Waals surface area contributed by atoms with Crippen molar-refractivity contribution in [2.24, 2.45) is 10.9 Å². The molecule has 15 heavy (non-hydrogen) atoms. The monoisotopic (exact) mass is 233 g/mol. The van der Waals surface area contributed by atoms with Gasteiger partial charge in [-0.3, -0.25) is 0 Å². The predicted octanol–water partition coefficient (Wildman–Crippen LogP) is 1.63. The molecule has 0 aromatic heterocycles. The molecule has 90 valence electrons. The zero-order valence-corrected chi connectivity index (χ0v) is 10.5. The van der Waals surface area contributed by atoms with Crippen LogP contribution in [0.5, 0.6) is 0 Å². The van der Waals surface area contributed by atoms with Crippen molar-refractivity contribution in [1.29, 1.82) is 0 Å². The molecule has 0 aliphatic heterocycles. The third-order valence-corrected chi connectivity index (χ3v) is 3.06. The molecule has 0 saturated heterocycles. The SMILES string of the molecule is CCSCCC(C)NCCCC(N)=NO. The van der Waals surface area contributed by atoms with E-state index in [1.54, 1.807) is 0 Å². The van der Waals surface area contributed by atoms with Crippen molar-refractivity contribution in [2.75, 3.05) is 18.1 Å². The molecule has 0 aliphatic rings. The summed E-state index contributed by atoms with van der Waals surface area (Å²) in [4.78, 5) is 0. The molecule has 0 aliphatic carbocycles. The van der Waals surface area contributed by atoms with Crippen molar-refractivity contribution in [3.63, 3.8) is 0 Å². The lowest BCUT2D eigenvalue weighted by Gasteiger charge is -2.12. The fourth-order valence-corrected chi connectivity index (χ4v) is 1.98. The Bertz CT molecular complexity index is 176. The summed E-state index contributed by atoms with van der Waals surface area (Å²) < 4.78 is 0. The molecule has 0 fully saturated rings. The second-order valence-electron chi connectivity index (χ2n) is 3.54. The van der Waals surface area contributed by atoms with E-state index in [0.717, 1.165) is 13.0 Å². The molecular formula is C10H23N3OS. The first-order valence-electron chi connectivity index (χ1n) is 5.48. The van der Waals surface area contributed by atoms with E-state index in [1.807, 2.05) is 11.8 Å². The van der Waals surface area contributed by atoms with Gasteiger partial charge in [0, 0.05) is 12.5 Å². The summed E-state index contributed by atoms with van der Waals surface area (Å²) in [5.74, 6) is 2.71. The van der Waals surface area contributed by atoms with Gasteiger partial charge in [0.25, 0.3) is 0 Å². The summed E-state index contributed by atoms with van der Waals surface area (Å²) in [6.07, 6.45) is 2.77. The largest absolute Gasteiger partial charge is 0.409 e. The fourth-order valence-electron chi connectivity index (χ4n) is 1.17. The third kappa shape index (κ3) is 9.87. The van der Waals surface area contributed by atoms with Gasteiger partial charge >= 0.3 is 0 Å². The molecular weight excluding hydrogens is 210 g/mol. The molecule has 0 heterocycles. The smallest absolute Gasteiger partial charge is 0.139 e. The second kappa shape index (κ2) is 10.1. The van der Waals surface area contributed by atoms with E-state index < -0.39 is 0 Å². The maximum Gasteiger partial charge on any atom is 0.139 e. The van der Waals surface area contributed by atoms with Gasteiger partial charge < -0.3 is 16.3 Å². The van der Waals surface area contributed by atoms with Crippen LogP contribution in [0.4, 0.5) is 0 Å². The Balaban J connectivity index is 3.27. The van der Waals surface area contributed by atoms with Crippen LogP contribution in [0.3, 0.4) is 0 Å². The Labute approximate surface area is 96.7 Å². The summed E-state index contributed by atoms with van der Waals surface area (Å²) >= 11 is 1.97. The van der Waals surface area contributed by atoms with E-state index in [1.165, 1.54) is 17.9 Å². The highest BCUT2D eigenvalue weighted by atomic mass is 32.2. The summed E-state index contributed by atoms with van der Waals surface area (Å²) in [6, 6.07) is 0.552. The number of oxime groups is 1. The summed E-state index contributed by atoms with van der Waals surface area (Å²) in [5, 5.41) is 14.7. The van der Waals surface area contributed by atoms with Crippen molar-refractivity contribution < 1.29 is 5.21 Å². The molecule has 0 saturated carbocycles. The third-order valence-electron chi connectivity index (χ3n) is 2.13. The van der Waals surface area contributed by atoms with Gasteiger partial charge in [-0.1, -0.05) is 12.1 Å². The van der Waals surface area contributed by atoms with Gasteiger partial charge in [0.05, 0.1) is 0 Å². The van der Waals surface area contributed by atoms with Crippen LogP contribution < -0.4 is 11.1 Å². The number of rotatable bonds is 9. The zero-order valence-electron chi connectivity index (χ0n) is 9.70. The van der Waals surface area contributed by atoms with Crippen LogP contribution >= 0.6 is 11.8 Å². The van der Waals surface area contributed by atoms with Crippen molar-refractivity contribution in [3.05, 3.63) is 0 Å². The number of hydrogen-bond donors (Lipinski definition) is 3. The van der Waals surface area contributed by atoms with Crippen LogP contribution in [0, 0.1) is 0 Å². The van der Waals surface area contributed by atoms with Gasteiger partial charge in [-0.25, -0.2) is 0 Å². The molecule has 0 rings (SSSR count). The second-order valence-corrected chi connectivity index (χ2v) is 4.93. The van der Waals surface area contributed by atoms with E-state index in [4.69, 9.17) is 10.9 Å². The first-order valence-corrected chi connectivity index (χ1v) is 6.63. The van der Waals surface area contributed by atoms with Crippen LogP contribution in [0.1, 0.15) is 33.1 Å². The maximum atomic E-state index is 8.33. The van der Waals surface area contributed by atoms with Crippen LogP contribution in [-0.2, 0) is 0 Å². The van der Waals surface area contributed by atoms with E-state index in [2.05, 4.69) is 24.3 Å². The lowest BCUT2D eigenvalue weighted by Crippen LogP contribution is -2.28. The minimum absolute atomic E-state index is 0.311. The first-order chi connectivity index (χ1) is 7.20. The fraction of sp³-hybridized carbons (Fsp3) is 0.900. The van der Waals surface area contributed by atoms with Crippen molar-refractivity contribution in [3.8, 4) is 0 Å². The first kappa shape index (κ1) is 14.6. The highest BCUT2D eigenvalue weighted by Gasteiger charge is 2.00. The molecule has 5 heteroatoms. The molecule has 4 nitrogen and oxygen atoms in total. The average molecular weight is 233 g/mol. The minimum atomic E-state index is 0.311. The van der Waals surface area contributed by atoms with E-state index in [0.29, 0.717) is 18.3 Å². The van der Waals surface area contributed by atoms with Gasteiger partial charge in [0.1, 0.15) is 5.84 Å². The highest BCUT2D eigenvalue weighted by molar-refractivity contribution is 7.99. The average Bonchev–Trinajstić information content (AvgIpc) is 2.24. The standard InChI is InChI=1S/C10H23N3OS/c1-3-15-8-6-9(2)12-7-4-5-10(11)13-14/h9,12,14H,3-8H2,1-2H3,(H2,11,13). The Hall–Kier alpha value is -0.420. The van der Waals surface area contributed by atoms with Crippen molar-refractivity contribution in [2.45, 2.75) is 39.2 Å². The number of nitrogens with zero attached hydrogens (tertiary/aromatic N) is 1. The molecule has 4 N–H and O–H groups in total. The normalized spacial score (nSPS) is 14.1. The quantitative estimate of drug-likeness (QED) is 0.186. The predicted molar refractivity (Wildman–Crippen MR) is 67.7 cm³/mol. The molecule has 0 amide bonds. The summed E-state index contributed by atoms with van der Waals surface area (Å²) in [6.45, 7) is 5.30. The maximum absolute atomic E-state index is 8.33. The minimum Gasteiger partial charge on any atom is -0.409 e. The number of nitrogens with two attached hydrogens (primary N) is 1. The number of thioether (sulfide) groups is 1. The topological polar surface area (TPSA) is 70.6 Å². The molecule has 0 bridgehead atoms. The molecule has 0 aromatic carbocycles. The molecule has 0 aromatic rings. The highest BCUT2D eigenvalue weighted by Crippen LogP contribution is 2.03. The lowest BCUT2D eigenvalue weighted by atomic mass is 10.2. The molecule has 1 unspecified atom stereocenters.